The van der Waals surface area contributed by atoms with Crippen LogP contribution in [0.5, 0.6) is 0 Å². The van der Waals surface area contributed by atoms with Gasteiger partial charge in [-0.3, -0.25) is 0 Å². The minimum atomic E-state index is -3.74. The second kappa shape index (κ2) is 2.96. The monoisotopic (exact) mass is 232 g/mol. The summed E-state index contributed by atoms with van der Waals surface area (Å²) in [5.74, 6) is -0.432. The van der Waals surface area contributed by atoms with Gasteiger partial charge in [0.25, 0.3) is 9.05 Å². The third-order valence-electron chi connectivity index (χ3n) is 1.94. The Morgan fingerprint density at radius 2 is 2.07 bits per heavy atom. The molecule has 14 heavy (non-hydrogen) atoms. The van der Waals surface area contributed by atoms with Crippen LogP contribution in [0.25, 0.3) is 0 Å². The molecule has 2 rings (SSSR count). The summed E-state index contributed by atoms with van der Waals surface area (Å²) in [6, 6.07) is 4.04. The van der Waals surface area contributed by atoms with Crippen molar-refractivity contribution in [2.75, 3.05) is 0 Å². The number of cyclic esters (lactones) is 1. The van der Waals surface area contributed by atoms with Crippen molar-refractivity contribution in [2.24, 2.45) is 0 Å². The standard InChI is InChI=1S/C8H5ClO4S/c9-14(11,12)6-1-2-7-5(3-6)4-13-8(7)10/h1-3H,4H2. The Labute approximate surface area is 84.9 Å². The molecule has 0 radical (unpaired) electrons. The van der Waals surface area contributed by atoms with Crippen molar-refractivity contribution in [1.82, 2.24) is 0 Å². The molecule has 0 saturated heterocycles. The molecule has 0 fully saturated rings. The fourth-order valence-electron chi connectivity index (χ4n) is 1.26. The van der Waals surface area contributed by atoms with E-state index in [4.69, 9.17) is 15.4 Å². The number of carbonyl (C=O) groups is 1. The molecule has 0 N–H and O–H groups in total. The zero-order valence-electron chi connectivity index (χ0n) is 6.86. The zero-order valence-corrected chi connectivity index (χ0v) is 8.43. The van der Waals surface area contributed by atoms with Crippen molar-refractivity contribution < 1.29 is 17.9 Å². The number of hydrogen-bond donors (Lipinski definition) is 0. The lowest BCUT2D eigenvalue weighted by Gasteiger charge is -1.97. The van der Waals surface area contributed by atoms with Gasteiger partial charge in [-0.15, -0.1) is 0 Å². The predicted octanol–water partition coefficient (Wildman–Crippen LogP) is 1.28. The van der Waals surface area contributed by atoms with E-state index in [-0.39, 0.29) is 11.5 Å². The lowest BCUT2D eigenvalue weighted by atomic mass is 10.1. The van der Waals surface area contributed by atoms with E-state index in [9.17, 15) is 13.2 Å². The van der Waals surface area contributed by atoms with Gasteiger partial charge in [0.15, 0.2) is 0 Å². The summed E-state index contributed by atoms with van der Waals surface area (Å²) in [6.45, 7) is 0.106. The Bertz CT molecular complexity index is 506. The van der Waals surface area contributed by atoms with Crippen LogP contribution in [0.3, 0.4) is 0 Å². The summed E-state index contributed by atoms with van der Waals surface area (Å²) in [5, 5.41) is 0. The molecule has 6 heteroatoms. The fourth-order valence-corrected chi connectivity index (χ4v) is 2.06. The molecule has 0 saturated carbocycles. The number of halogens is 1. The molecule has 4 nitrogen and oxygen atoms in total. The van der Waals surface area contributed by atoms with Crippen LogP contribution in [0, 0.1) is 0 Å². The average molecular weight is 233 g/mol. The van der Waals surface area contributed by atoms with E-state index < -0.39 is 15.0 Å². The third-order valence-corrected chi connectivity index (χ3v) is 3.29. The van der Waals surface area contributed by atoms with Crippen molar-refractivity contribution in [3.63, 3.8) is 0 Å². The van der Waals surface area contributed by atoms with Gasteiger partial charge in [0.2, 0.25) is 0 Å². The lowest BCUT2D eigenvalue weighted by Crippen LogP contribution is -1.95. The smallest absolute Gasteiger partial charge is 0.338 e. The van der Waals surface area contributed by atoms with Gasteiger partial charge < -0.3 is 4.74 Å². The van der Waals surface area contributed by atoms with E-state index in [1.807, 2.05) is 0 Å². The maximum absolute atomic E-state index is 11.0. The van der Waals surface area contributed by atoms with Crippen LogP contribution in [-0.2, 0) is 20.4 Å². The maximum atomic E-state index is 11.0. The molecule has 0 aliphatic carbocycles. The highest BCUT2D eigenvalue weighted by molar-refractivity contribution is 8.13. The SMILES string of the molecule is O=C1OCc2cc(S(=O)(=O)Cl)ccc21. The Hall–Kier alpha value is -1.07. The van der Waals surface area contributed by atoms with Gasteiger partial charge in [0, 0.05) is 16.2 Å². The molecule has 1 aliphatic heterocycles. The number of rotatable bonds is 1. The molecule has 0 atom stereocenters. The Kier molecular flexibility index (Phi) is 2.01. The average Bonchev–Trinajstić information content (AvgIpc) is 2.46. The Morgan fingerprint density at radius 3 is 2.71 bits per heavy atom. The summed E-state index contributed by atoms with van der Waals surface area (Å²) < 4.78 is 26.6. The predicted molar refractivity (Wildman–Crippen MR) is 48.6 cm³/mol. The van der Waals surface area contributed by atoms with E-state index in [0.29, 0.717) is 11.1 Å². The largest absolute Gasteiger partial charge is 0.457 e. The third kappa shape index (κ3) is 1.49. The van der Waals surface area contributed by atoms with Gasteiger partial charge in [-0.05, 0) is 18.2 Å². The highest BCUT2D eigenvalue weighted by atomic mass is 35.7. The zero-order chi connectivity index (χ0) is 10.3. The Balaban J connectivity index is 2.58. The lowest BCUT2D eigenvalue weighted by molar-refractivity contribution is 0.0535. The minimum Gasteiger partial charge on any atom is -0.457 e. The molecule has 0 unspecified atom stereocenters. The summed E-state index contributed by atoms with van der Waals surface area (Å²) in [4.78, 5) is 11.0. The topological polar surface area (TPSA) is 60.4 Å². The quantitative estimate of drug-likeness (QED) is 0.541. The van der Waals surface area contributed by atoms with Gasteiger partial charge in [0.05, 0.1) is 10.5 Å². The van der Waals surface area contributed by atoms with E-state index in [2.05, 4.69) is 0 Å². The van der Waals surface area contributed by atoms with Crippen LogP contribution < -0.4 is 0 Å². The molecule has 1 aromatic carbocycles. The van der Waals surface area contributed by atoms with Crippen LogP contribution in [0.4, 0.5) is 0 Å². The van der Waals surface area contributed by atoms with Crippen molar-refractivity contribution in [3.8, 4) is 0 Å². The maximum Gasteiger partial charge on any atom is 0.338 e. The van der Waals surface area contributed by atoms with Gasteiger partial charge in [-0.25, -0.2) is 13.2 Å². The number of hydrogen-bond acceptors (Lipinski definition) is 4. The fraction of sp³-hybridized carbons (Fsp3) is 0.125. The van der Waals surface area contributed by atoms with Gasteiger partial charge in [0.1, 0.15) is 6.61 Å². The molecular weight excluding hydrogens is 228 g/mol. The normalized spacial score (nSPS) is 15.1. The minimum absolute atomic E-state index is 0.0174. The van der Waals surface area contributed by atoms with E-state index in [0.717, 1.165) is 0 Å². The molecule has 0 spiro atoms. The van der Waals surface area contributed by atoms with Crippen molar-refractivity contribution >= 4 is 25.7 Å². The molecule has 74 valence electrons. The molecule has 0 amide bonds. The second-order valence-corrected chi connectivity index (χ2v) is 5.40. The molecule has 0 aromatic heterocycles. The number of esters is 1. The summed E-state index contributed by atoms with van der Waals surface area (Å²) in [5.41, 5.74) is 0.950. The number of carbonyl (C=O) groups excluding carboxylic acids is 1. The summed E-state index contributed by atoms with van der Waals surface area (Å²) >= 11 is 0. The van der Waals surface area contributed by atoms with Crippen LogP contribution in [-0.4, -0.2) is 14.4 Å². The van der Waals surface area contributed by atoms with E-state index in [1.54, 1.807) is 0 Å². The molecule has 1 aromatic rings. The van der Waals surface area contributed by atoms with Gasteiger partial charge in [-0.2, -0.15) is 0 Å². The number of benzene rings is 1. The van der Waals surface area contributed by atoms with Crippen LogP contribution in [0.1, 0.15) is 15.9 Å². The van der Waals surface area contributed by atoms with Crippen LogP contribution in [0.2, 0.25) is 0 Å². The molecule has 0 bridgehead atoms. The first kappa shape index (κ1) is 9.48. The summed E-state index contributed by atoms with van der Waals surface area (Å²) in [6.07, 6.45) is 0. The summed E-state index contributed by atoms with van der Waals surface area (Å²) in [7, 11) is 1.41. The van der Waals surface area contributed by atoms with Crippen molar-refractivity contribution in [3.05, 3.63) is 29.3 Å². The second-order valence-electron chi connectivity index (χ2n) is 2.83. The molecular formula is C8H5ClO4S. The van der Waals surface area contributed by atoms with E-state index >= 15 is 0 Å². The van der Waals surface area contributed by atoms with Crippen LogP contribution in [0.15, 0.2) is 23.1 Å². The first-order chi connectivity index (χ1) is 6.48. The van der Waals surface area contributed by atoms with Crippen molar-refractivity contribution in [1.29, 1.82) is 0 Å². The van der Waals surface area contributed by atoms with E-state index in [1.165, 1.54) is 18.2 Å². The Morgan fingerprint density at radius 1 is 1.36 bits per heavy atom. The van der Waals surface area contributed by atoms with Crippen LogP contribution >= 0.6 is 10.7 Å². The first-order valence-electron chi connectivity index (χ1n) is 3.73. The number of fused-ring (bicyclic) bond motifs is 1. The molecule has 1 aliphatic rings. The van der Waals surface area contributed by atoms with Crippen molar-refractivity contribution in [2.45, 2.75) is 11.5 Å². The highest BCUT2D eigenvalue weighted by Crippen LogP contribution is 2.24. The van der Waals surface area contributed by atoms with Gasteiger partial charge in [-0.1, -0.05) is 0 Å². The highest BCUT2D eigenvalue weighted by Gasteiger charge is 2.23. The first-order valence-corrected chi connectivity index (χ1v) is 6.04. The van der Waals surface area contributed by atoms with Gasteiger partial charge >= 0.3 is 5.97 Å². The molecule has 1 heterocycles. The number of ether oxygens (including phenoxy) is 1.